The van der Waals surface area contributed by atoms with Crippen LogP contribution in [0.5, 0.6) is 0 Å². The maximum absolute atomic E-state index is 13.3. The highest BCUT2D eigenvalue weighted by atomic mass is 35.5. The zero-order chi connectivity index (χ0) is 26.3. The van der Waals surface area contributed by atoms with Crippen molar-refractivity contribution < 1.29 is 30.8 Å². The van der Waals surface area contributed by atoms with Crippen molar-refractivity contribution in [3.63, 3.8) is 0 Å². The molecule has 4 rings (SSSR count). The molecule has 1 aromatic heterocycles. The molecule has 1 heterocycles. The molecule has 0 radical (unpaired) electrons. The maximum atomic E-state index is 13.3. The average Bonchev–Trinajstić information content (AvgIpc) is 3.41. The van der Waals surface area contributed by atoms with E-state index in [1.165, 1.54) is 28.9 Å². The molecule has 192 valence electrons. The van der Waals surface area contributed by atoms with Gasteiger partial charge in [-0.15, -0.1) is 0 Å². The number of alkyl halides is 3. The Morgan fingerprint density at radius 1 is 1.14 bits per heavy atom. The summed E-state index contributed by atoms with van der Waals surface area (Å²) < 4.78 is 79.6. The van der Waals surface area contributed by atoms with Gasteiger partial charge in [0, 0.05) is 23.6 Å². The molecule has 1 aliphatic rings. The Balaban J connectivity index is 1.49. The monoisotopic (exact) mass is 542 g/mol. The number of aryl methyl sites for hydroxylation is 1. The minimum absolute atomic E-state index is 0.0179. The lowest BCUT2D eigenvalue weighted by molar-refractivity contribution is -0.137. The number of carbonyl (C=O) groups is 1. The van der Waals surface area contributed by atoms with Gasteiger partial charge in [0.1, 0.15) is 11.6 Å². The lowest BCUT2D eigenvalue weighted by Crippen LogP contribution is -2.40. The predicted octanol–water partition coefficient (Wildman–Crippen LogP) is 6.22. The second-order valence-electron chi connectivity index (χ2n) is 9.15. The van der Waals surface area contributed by atoms with E-state index in [1.54, 1.807) is 13.1 Å². The van der Waals surface area contributed by atoms with E-state index in [1.807, 2.05) is 0 Å². The quantitative estimate of drug-likeness (QED) is 0.263. The molecule has 0 bridgehead atoms. The Hall–Kier alpha value is -2.72. The molecule has 0 aliphatic heterocycles. The molecule has 0 N–H and O–H groups in total. The second kappa shape index (κ2) is 9.63. The number of halogens is 5. The summed E-state index contributed by atoms with van der Waals surface area (Å²) in [5, 5.41) is 3.31. The molecule has 36 heavy (non-hydrogen) atoms. The van der Waals surface area contributed by atoms with Gasteiger partial charge in [0.2, 0.25) is 0 Å². The van der Waals surface area contributed by atoms with Crippen LogP contribution >= 0.6 is 11.6 Å². The van der Waals surface area contributed by atoms with Crippen LogP contribution in [0.2, 0.25) is 5.15 Å². The van der Waals surface area contributed by atoms with Crippen LogP contribution in [0.4, 0.5) is 17.6 Å². The van der Waals surface area contributed by atoms with Crippen molar-refractivity contribution in [2.24, 2.45) is 5.41 Å². The van der Waals surface area contributed by atoms with Crippen molar-refractivity contribution in [1.29, 1.82) is 0 Å². The molecule has 11 heteroatoms. The highest BCUT2D eigenvalue weighted by Crippen LogP contribution is 2.45. The van der Waals surface area contributed by atoms with Crippen LogP contribution in [0.1, 0.15) is 43.7 Å². The lowest BCUT2D eigenvalue weighted by Gasteiger charge is -2.30. The molecule has 0 saturated heterocycles. The van der Waals surface area contributed by atoms with E-state index < -0.39 is 38.1 Å². The van der Waals surface area contributed by atoms with Gasteiger partial charge in [-0.2, -0.15) is 18.3 Å². The number of hydrogen-bond donors (Lipinski definition) is 0. The number of carbonyl (C=O) groups excluding carboxylic acids is 1. The van der Waals surface area contributed by atoms with Gasteiger partial charge >= 0.3 is 6.18 Å². The fourth-order valence-corrected chi connectivity index (χ4v) is 7.24. The summed E-state index contributed by atoms with van der Waals surface area (Å²) in [6.45, 7) is 1.65. The van der Waals surface area contributed by atoms with Crippen LogP contribution in [0.15, 0.2) is 59.6 Å². The molecule has 2 atom stereocenters. The summed E-state index contributed by atoms with van der Waals surface area (Å²) in [7, 11) is -3.86. The minimum Gasteiger partial charge on any atom is -0.299 e. The van der Waals surface area contributed by atoms with Crippen molar-refractivity contribution in [2.75, 3.05) is 0 Å². The standard InChI is InChI=1S/C25H23ClF4N2O3S/c1-24(14-2-3-22(24)36(34,35)20-11-7-18(27)8-12-20)21(33)13-4-16-15-32(31-23(16)26)19-9-5-17(6-10-19)25(28,29)30/h5-12,15,22H,2-4,13-14H2,1H3/t22-,24-/m1/s1. The van der Waals surface area contributed by atoms with Crippen molar-refractivity contribution in [1.82, 2.24) is 9.78 Å². The maximum Gasteiger partial charge on any atom is 0.416 e. The third-order valence-corrected chi connectivity index (χ3v) is 9.60. The Labute approximate surface area is 211 Å². The fraction of sp³-hybridized carbons (Fsp3) is 0.360. The molecule has 1 aliphatic carbocycles. The average molecular weight is 543 g/mol. The van der Waals surface area contributed by atoms with Crippen LogP contribution in [0.3, 0.4) is 0 Å². The smallest absolute Gasteiger partial charge is 0.299 e. The van der Waals surface area contributed by atoms with Crippen LogP contribution in [-0.2, 0) is 27.2 Å². The van der Waals surface area contributed by atoms with Crippen molar-refractivity contribution >= 4 is 27.2 Å². The zero-order valence-corrected chi connectivity index (χ0v) is 20.8. The minimum atomic E-state index is -4.45. The third-order valence-electron chi connectivity index (χ3n) is 6.85. The number of benzene rings is 2. The molecule has 0 unspecified atom stereocenters. The lowest BCUT2D eigenvalue weighted by atomic mass is 9.81. The van der Waals surface area contributed by atoms with Crippen molar-refractivity contribution in [2.45, 2.75) is 55.3 Å². The van der Waals surface area contributed by atoms with E-state index in [-0.39, 0.29) is 28.7 Å². The highest BCUT2D eigenvalue weighted by Gasteiger charge is 2.50. The van der Waals surface area contributed by atoms with Crippen LogP contribution < -0.4 is 0 Å². The first-order valence-corrected chi connectivity index (χ1v) is 13.2. The number of aromatic nitrogens is 2. The summed E-state index contributed by atoms with van der Waals surface area (Å²) in [4.78, 5) is 13.3. The Kier molecular flexibility index (Phi) is 7.04. The van der Waals surface area contributed by atoms with Gasteiger partial charge in [0.05, 0.1) is 21.4 Å². The first-order valence-electron chi connectivity index (χ1n) is 11.3. The number of nitrogens with zero attached hydrogens (tertiary/aromatic N) is 2. The van der Waals surface area contributed by atoms with E-state index in [0.29, 0.717) is 30.5 Å². The molecule has 1 saturated carbocycles. The molecular weight excluding hydrogens is 520 g/mol. The summed E-state index contributed by atoms with van der Waals surface area (Å²) in [6.07, 6.45) is -1.39. The van der Waals surface area contributed by atoms with E-state index in [0.717, 1.165) is 24.3 Å². The van der Waals surface area contributed by atoms with Gasteiger partial charge in [-0.05, 0) is 67.8 Å². The van der Waals surface area contributed by atoms with E-state index >= 15 is 0 Å². The van der Waals surface area contributed by atoms with E-state index in [9.17, 15) is 30.8 Å². The number of hydrogen-bond acceptors (Lipinski definition) is 4. The number of ketones is 1. The molecule has 0 amide bonds. The van der Waals surface area contributed by atoms with Gasteiger partial charge in [0.15, 0.2) is 15.0 Å². The van der Waals surface area contributed by atoms with Gasteiger partial charge in [-0.3, -0.25) is 4.79 Å². The summed E-state index contributed by atoms with van der Waals surface area (Å²) >= 11 is 6.22. The Morgan fingerprint density at radius 2 is 1.78 bits per heavy atom. The largest absolute Gasteiger partial charge is 0.416 e. The van der Waals surface area contributed by atoms with Gasteiger partial charge < -0.3 is 0 Å². The van der Waals surface area contributed by atoms with Crippen molar-refractivity contribution in [3.8, 4) is 5.69 Å². The van der Waals surface area contributed by atoms with Crippen molar-refractivity contribution in [3.05, 3.63) is 76.8 Å². The SMILES string of the molecule is C[C@]1(C(=O)CCc2cn(-c3ccc(C(F)(F)F)cc3)nc2Cl)CCC[C@H]1S(=O)(=O)c1ccc(F)cc1. The molecule has 1 fully saturated rings. The summed E-state index contributed by atoms with van der Waals surface area (Å²) in [5.41, 5.74) is -1.01. The van der Waals surface area contributed by atoms with E-state index in [4.69, 9.17) is 11.6 Å². The molecule has 2 aromatic carbocycles. The van der Waals surface area contributed by atoms with Crippen LogP contribution in [0.25, 0.3) is 5.69 Å². The molecule has 5 nitrogen and oxygen atoms in total. The molecular formula is C25H23ClF4N2O3S. The highest BCUT2D eigenvalue weighted by molar-refractivity contribution is 7.92. The first-order chi connectivity index (χ1) is 16.8. The van der Waals surface area contributed by atoms with Crippen LogP contribution in [-0.4, -0.2) is 29.2 Å². The zero-order valence-electron chi connectivity index (χ0n) is 19.2. The summed E-state index contributed by atoms with van der Waals surface area (Å²) in [5.74, 6) is -0.776. The van der Waals surface area contributed by atoms with Gasteiger partial charge in [-0.25, -0.2) is 17.5 Å². The molecule has 0 spiro atoms. The van der Waals surface area contributed by atoms with Gasteiger partial charge in [0.25, 0.3) is 0 Å². The second-order valence-corrected chi connectivity index (χ2v) is 11.6. The predicted molar refractivity (Wildman–Crippen MR) is 126 cm³/mol. The number of rotatable bonds is 7. The third kappa shape index (κ3) is 5.06. The molecule has 3 aromatic rings. The number of Topliss-reactive ketones (excluding diaryl/α,β-unsaturated/α-hetero) is 1. The van der Waals surface area contributed by atoms with Gasteiger partial charge in [-0.1, -0.05) is 24.9 Å². The Morgan fingerprint density at radius 3 is 2.39 bits per heavy atom. The van der Waals surface area contributed by atoms with Crippen LogP contribution in [0, 0.1) is 11.2 Å². The number of sulfone groups is 1. The first kappa shape index (κ1) is 26.3. The summed E-state index contributed by atoms with van der Waals surface area (Å²) in [6, 6.07) is 9.01. The van der Waals surface area contributed by atoms with E-state index in [2.05, 4.69) is 5.10 Å². The normalized spacial score (nSPS) is 20.6. The topological polar surface area (TPSA) is 69.0 Å². The Bertz CT molecular complexity index is 1370. The fourth-order valence-electron chi connectivity index (χ4n) is 4.76.